The SMILES string of the molecule is COc1nc(-c2cnc(N3CCC(C)(N)CC3)c(C(F)(F)F)c2)cn2cc(C)nc12. The number of nitrogens with two attached hydrogens (primary N) is 1. The van der Waals surface area contributed by atoms with E-state index in [1.54, 1.807) is 21.7 Å². The largest absolute Gasteiger partial charge is 0.478 e. The summed E-state index contributed by atoms with van der Waals surface area (Å²) in [7, 11) is 1.44. The zero-order chi connectivity index (χ0) is 21.7. The maximum Gasteiger partial charge on any atom is 0.419 e. The molecule has 4 heterocycles. The summed E-state index contributed by atoms with van der Waals surface area (Å²) >= 11 is 0. The topological polar surface area (TPSA) is 81.6 Å². The van der Waals surface area contributed by atoms with Gasteiger partial charge in [0.25, 0.3) is 5.88 Å². The lowest BCUT2D eigenvalue weighted by Crippen LogP contribution is -2.48. The number of pyridine rings is 1. The van der Waals surface area contributed by atoms with Crippen molar-refractivity contribution in [2.45, 2.75) is 38.4 Å². The zero-order valence-electron chi connectivity index (χ0n) is 17.0. The summed E-state index contributed by atoms with van der Waals surface area (Å²) in [6.07, 6.45) is 1.44. The fourth-order valence-corrected chi connectivity index (χ4v) is 3.66. The second kappa shape index (κ2) is 7.12. The first-order valence-corrected chi connectivity index (χ1v) is 9.59. The third-order valence-electron chi connectivity index (χ3n) is 5.39. The van der Waals surface area contributed by atoms with E-state index in [-0.39, 0.29) is 22.8 Å². The van der Waals surface area contributed by atoms with Crippen molar-refractivity contribution in [3.8, 4) is 17.1 Å². The van der Waals surface area contributed by atoms with E-state index in [0.29, 0.717) is 37.3 Å². The quantitative estimate of drug-likeness (QED) is 0.699. The minimum Gasteiger partial charge on any atom is -0.478 e. The molecule has 4 rings (SSSR count). The van der Waals surface area contributed by atoms with Crippen molar-refractivity contribution in [1.82, 2.24) is 19.4 Å². The van der Waals surface area contributed by atoms with Crippen LogP contribution in [0.25, 0.3) is 16.9 Å². The Morgan fingerprint density at radius 3 is 2.50 bits per heavy atom. The summed E-state index contributed by atoms with van der Waals surface area (Å²) in [5.41, 5.74) is 6.77. The minimum absolute atomic E-state index is 0.0757. The first-order valence-electron chi connectivity index (χ1n) is 9.59. The van der Waals surface area contributed by atoms with Crippen molar-refractivity contribution < 1.29 is 17.9 Å². The van der Waals surface area contributed by atoms with E-state index >= 15 is 0 Å². The highest BCUT2D eigenvalue weighted by Crippen LogP contribution is 2.39. The van der Waals surface area contributed by atoms with E-state index in [4.69, 9.17) is 10.5 Å². The van der Waals surface area contributed by atoms with Crippen LogP contribution in [0, 0.1) is 6.92 Å². The molecule has 3 aromatic heterocycles. The number of aromatic nitrogens is 4. The Bertz CT molecular complexity index is 1080. The summed E-state index contributed by atoms with van der Waals surface area (Å²) < 4.78 is 48.7. The maximum atomic E-state index is 13.9. The number of hydrogen-bond donors (Lipinski definition) is 1. The first-order chi connectivity index (χ1) is 14.1. The van der Waals surface area contributed by atoms with Gasteiger partial charge in [-0.15, -0.1) is 0 Å². The molecule has 0 bridgehead atoms. The highest BCUT2D eigenvalue weighted by atomic mass is 19.4. The molecule has 0 saturated carbocycles. The molecule has 0 aromatic carbocycles. The maximum absolute atomic E-state index is 13.9. The molecular weight excluding hydrogens is 397 g/mol. The smallest absolute Gasteiger partial charge is 0.419 e. The van der Waals surface area contributed by atoms with Gasteiger partial charge in [-0.05, 0) is 32.8 Å². The summed E-state index contributed by atoms with van der Waals surface area (Å²) in [6.45, 7) is 4.58. The van der Waals surface area contributed by atoms with Crippen molar-refractivity contribution in [1.29, 1.82) is 0 Å². The van der Waals surface area contributed by atoms with Crippen LogP contribution in [0.4, 0.5) is 19.0 Å². The number of imidazole rings is 1. The summed E-state index contributed by atoms with van der Waals surface area (Å²) in [6, 6.07) is 1.09. The van der Waals surface area contributed by atoms with Gasteiger partial charge in [-0.1, -0.05) is 0 Å². The number of aryl methyl sites for hydroxylation is 1. The Morgan fingerprint density at radius 2 is 1.87 bits per heavy atom. The van der Waals surface area contributed by atoms with Gasteiger partial charge in [-0.2, -0.15) is 13.2 Å². The van der Waals surface area contributed by atoms with E-state index in [0.717, 1.165) is 11.8 Å². The van der Waals surface area contributed by atoms with Gasteiger partial charge in [0.15, 0.2) is 0 Å². The Morgan fingerprint density at radius 1 is 1.17 bits per heavy atom. The number of fused-ring (bicyclic) bond motifs is 1. The lowest BCUT2D eigenvalue weighted by atomic mass is 9.91. The van der Waals surface area contributed by atoms with Gasteiger partial charge in [-0.25, -0.2) is 15.0 Å². The Kier molecular flexibility index (Phi) is 4.84. The van der Waals surface area contributed by atoms with E-state index in [9.17, 15) is 13.2 Å². The predicted octanol–water partition coefficient (Wildman–Crippen LogP) is 3.44. The Labute approximate surface area is 171 Å². The number of hydrogen-bond acceptors (Lipinski definition) is 6. The zero-order valence-corrected chi connectivity index (χ0v) is 17.0. The van der Waals surface area contributed by atoms with Crippen LogP contribution >= 0.6 is 0 Å². The van der Waals surface area contributed by atoms with E-state index < -0.39 is 11.7 Å². The Balaban J connectivity index is 1.78. The van der Waals surface area contributed by atoms with Crippen LogP contribution in [0.15, 0.2) is 24.7 Å². The molecule has 7 nitrogen and oxygen atoms in total. The molecule has 30 heavy (non-hydrogen) atoms. The van der Waals surface area contributed by atoms with Gasteiger partial charge in [0, 0.05) is 42.8 Å². The highest BCUT2D eigenvalue weighted by Gasteiger charge is 2.38. The van der Waals surface area contributed by atoms with Crippen LogP contribution in [0.3, 0.4) is 0 Å². The van der Waals surface area contributed by atoms with Crippen LogP contribution in [-0.2, 0) is 6.18 Å². The average Bonchev–Trinajstić information content (AvgIpc) is 3.06. The second-order valence-electron chi connectivity index (χ2n) is 7.98. The number of halogens is 3. The van der Waals surface area contributed by atoms with E-state index in [1.807, 2.05) is 13.8 Å². The molecule has 0 unspecified atom stereocenters. The monoisotopic (exact) mass is 420 g/mol. The highest BCUT2D eigenvalue weighted by molar-refractivity contribution is 5.66. The predicted molar refractivity (Wildman–Crippen MR) is 107 cm³/mol. The van der Waals surface area contributed by atoms with E-state index in [2.05, 4.69) is 15.0 Å². The molecule has 1 saturated heterocycles. The van der Waals surface area contributed by atoms with Crippen molar-refractivity contribution in [3.63, 3.8) is 0 Å². The van der Waals surface area contributed by atoms with Crippen LogP contribution in [-0.4, -0.2) is 45.1 Å². The first kappa shape index (κ1) is 20.4. The number of methoxy groups -OCH3 is 1. The molecule has 1 fully saturated rings. The number of rotatable bonds is 3. The molecule has 1 aliphatic heterocycles. The third-order valence-corrected chi connectivity index (χ3v) is 5.39. The number of anilines is 1. The molecule has 0 amide bonds. The van der Waals surface area contributed by atoms with Gasteiger partial charge >= 0.3 is 6.18 Å². The van der Waals surface area contributed by atoms with Crippen LogP contribution in [0.2, 0.25) is 0 Å². The molecule has 2 N–H and O–H groups in total. The van der Waals surface area contributed by atoms with Gasteiger partial charge < -0.3 is 19.8 Å². The lowest BCUT2D eigenvalue weighted by molar-refractivity contribution is -0.137. The molecule has 0 atom stereocenters. The summed E-state index contributed by atoms with van der Waals surface area (Å²) in [4.78, 5) is 14.5. The summed E-state index contributed by atoms with van der Waals surface area (Å²) in [5, 5.41) is 0. The third kappa shape index (κ3) is 3.79. The average molecular weight is 420 g/mol. The molecule has 160 valence electrons. The van der Waals surface area contributed by atoms with Crippen molar-refractivity contribution in [2.24, 2.45) is 5.73 Å². The van der Waals surface area contributed by atoms with Crippen LogP contribution in [0.5, 0.6) is 5.88 Å². The van der Waals surface area contributed by atoms with Crippen molar-refractivity contribution in [2.75, 3.05) is 25.1 Å². The molecular formula is C20H23F3N6O. The van der Waals surface area contributed by atoms with Gasteiger partial charge in [0.2, 0.25) is 5.65 Å². The fraction of sp³-hybridized carbons (Fsp3) is 0.450. The molecule has 0 spiro atoms. The number of nitrogens with zero attached hydrogens (tertiary/aromatic N) is 5. The molecule has 3 aromatic rings. The number of alkyl halides is 3. The lowest BCUT2D eigenvalue weighted by Gasteiger charge is -2.38. The minimum atomic E-state index is -4.55. The standard InChI is InChI=1S/C20H23F3N6O/c1-12-10-29-11-15(27-18(30-3)17(29)26-12)13-8-14(20(21,22)23)16(25-9-13)28-6-4-19(2,24)5-7-28/h8-11H,4-7,24H2,1-3H3. The number of ether oxygens (including phenoxy) is 1. The molecule has 10 heteroatoms. The van der Waals surface area contributed by atoms with Gasteiger partial charge in [0.1, 0.15) is 5.82 Å². The van der Waals surface area contributed by atoms with Crippen molar-refractivity contribution in [3.05, 3.63) is 35.9 Å². The molecule has 0 aliphatic carbocycles. The molecule has 0 radical (unpaired) electrons. The van der Waals surface area contributed by atoms with Crippen molar-refractivity contribution >= 4 is 11.5 Å². The van der Waals surface area contributed by atoms with Crippen LogP contribution in [0.1, 0.15) is 31.0 Å². The fourth-order valence-electron chi connectivity index (χ4n) is 3.66. The molecule has 1 aliphatic rings. The summed E-state index contributed by atoms with van der Waals surface area (Å²) in [5.74, 6) is 0.157. The van der Waals surface area contributed by atoms with E-state index in [1.165, 1.54) is 13.3 Å². The van der Waals surface area contributed by atoms with Gasteiger partial charge in [0.05, 0.1) is 24.1 Å². The second-order valence-corrected chi connectivity index (χ2v) is 7.98. The number of piperidine rings is 1. The van der Waals surface area contributed by atoms with Gasteiger partial charge in [-0.3, -0.25) is 0 Å². The van der Waals surface area contributed by atoms with Crippen LogP contribution < -0.4 is 15.4 Å². The normalized spacial score (nSPS) is 16.8. The Hall–Kier alpha value is -2.88.